The van der Waals surface area contributed by atoms with Crippen molar-refractivity contribution >= 4 is 0 Å². The molecular weight excluding hydrogens is 552 g/mol. The predicted octanol–water partition coefficient (Wildman–Crippen LogP) is 10.9. The molecule has 1 atom stereocenters. The van der Waals surface area contributed by atoms with Crippen LogP contribution < -0.4 is 0 Å². The number of hydrogen-bond donors (Lipinski definition) is 0. The van der Waals surface area contributed by atoms with Crippen LogP contribution in [-0.4, -0.2) is 23.2 Å². The van der Waals surface area contributed by atoms with E-state index in [-0.39, 0.29) is 17.0 Å². The summed E-state index contributed by atoms with van der Waals surface area (Å²) in [6.07, 6.45) is 19.7. The Bertz CT molecular complexity index is 1120. The van der Waals surface area contributed by atoms with Crippen LogP contribution in [0.5, 0.6) is 0 Å². The van der Waals surface area contributed by atoms with Gasteiger partial charge in [-0.15, -0.1) is 0 Å². The number of unbranched alkanes of at least 4 members (excludes halogenated alkanes) is 10. The minimum atomic E-state index is -3.25. The molecular formula is C36H52F4N2O. The quantitative estimate of drug-likeness (QED) is 0.0808. The third-order valence-corrected chi connectivity index (χ3v) is 9.34. The minimum Gasteiger partial charge on any atom is -0.381 e. The van der Waals surface area contributed by atoms with E-state index in [9.17, 15) is 4.39 Å². The van der Waals surface area contributed by atoms with E-state index in [0.29, 0.717) is 31.2 Å². The summed E-state index contributed by atoms with van der Waals surface area (Å²) in [6.45, 7) is 3.68. The van der Waals surface area contributed by atoms with Crippen molar-refractivity contribution in [2.75, 3.05) is 13.2 Å². The van der Waals surface area contributed by atoms with Gasteiger partial charge in [0.05, 0.1) is 17.0 Å². The largest absolute Gasteiger partial charge is 0.381 e. The van der Waals surface area contributed by atoms with E-state index >= 15 is 13.2 Å². The molecule has 2 aliphatic rings. The number of rotatable bonds is 21. The smallest absolute Gasteiger partial charge is 0.280 e. The number of hydrogen-bond acceptors (Lipinski definition) is 3. The van der Waals surface area contributed by atoms with Crippen LogP contribution in [0.3, 0.4) is 0 Å². The summed E-state index contributed by atoms with van der Waals surface area (Å²) in [7, 11) is 0. The molecule has 4 rings (SSSR count). The van der Waals surface area contributed by atoms with E-state index in [2.05, 4.69) is 16.9 Å². The van der Waals surface area contributed by atoms with Gasteiger partial charge in [0.2, 0.25) is 11.9 Å². The fraction of sp³-hybridized carbons (Fsp3) is 0.722. The number of ether oxygens (including phenoxy) is 1. The highest BCUT2D eigenvalue weighted by Gasteiger charge is 2.47. The average Bonchev–Trinajstić information content (AvgIpc) is 3.81. The third kappa shape index (κ3) is 10.5. The molecule has 0 saturated heterocycles. The molecule has 0 bridgehead atoms. The first kappa shape index (κ1) is 33.9. The minimum absolute atomic E-state index is 0.105. The van der Waals surface area contributed by atoms with Crippen molar-refractivity contribution in [3.05, 3.63) is 46.8 Å². The van der Waals surface area contributed by atoms with Gasteiger partial charge in [-0.3, -0.25) is 0 Å². The van der Waals surface area contributed by atoms with Crippen molar-refractivity contribution in [2.24, 2.45) is 11.8 Å². The molecule has 2 aliphatic carbocycles. The van der Waals surface area contributed by atoms with Crippen LogP contribution in [0.1, 0.15) is 139 Å². The van der Waals surface area contributed by atoms with Gasteiger partial charge in [-0.05, 0) is 68.6 Å². The molecule has 0 radical (unpaired) electrons. The Morgan fingerprint density at radius 2 is 1.40 bits per heavy atom. The molecule has 7 heteroatoms. The Labute approximate surface area is 256 Å². The fourth-order valence-corrected chi connectivity index (χ4v) is 6.44. The maximum Gasteiger partial charge on any atom is 0.280 e. The van der Waals surface area contributed by atoms with Crippen LogP contribution in [0.2, 0.25) is 0 Å². The second kappa shape index (κ2) is 17.5. The van der Waals surface area contributed by atoms with Crippen LogP contribution in [0.25, 0.3) is 11.4 Å². The topological polar surface area (TPSA) is 35.0 Å². The number of alkyl halides is 2. The highest BCUT2D eigenvalue weighted by molar-refractivity contribution is 5.57. The number of aryl methyl sites for hydroxylation is 2. The lowest BCUT2D eigenvalue weighted by Gasteiger charge is -2.33. The lowest BCUT2D eigenvalue weighted by Crippen LogP contribution is -2.33. The third-order valence-electron chi connectivity index (χ3n) is 9.34. The van der Waals surface area contributed by atoms with E-state index in [4.69, 9.17) is 4.74 Å². The number of halogens is 4. The molecule has 0 aliphatic heterocycles. The average molecular weight is 605 g/mol. The molecule has 2 aromatic heterocycles. The molecule has 2 heterocycles. The number of fused-ring (bicyclic) bond motifs is 1. The molecule has 3 nitrogen and oxygen atoms in total. The Kier molecular flexibility index (Phi) is 13.8. The Balaban J connectivity index is 1.22. The Morgan fingerprint density at radius 3 is 2.09 bits per heavy atom. The van der Waals surface area contributed by atoms with Crippen LogP contribution >= 0.6 is 0 Å². The van der Waals surface area contributed by atoms with E-state index < -0.39 is 29.3 Å². The maximum atomic E-state index is 15.5. The normalized spacial score (nSPS) is 17.7. The zero-order chi connectivity index (χ0) is 30.5. The molecule has 1 unspecified atom stereocenters. The van der Waals surface area contributed by atoms with Gasteiger partial charge in [-0.1, -0.05) is 96.5 Å². The lowest BCUT2D eigenvalue weighted by molar-refractivity contribution is -0.0824. The second-order valence-corrected chi connectivity index (χ2v) is 13.0. The lowest BCUT2D eigenvalue weighted by atomic mass is 9.78. The highest BCUT2D eigenvalue weighted by atomic mass is 19.3. The van der Waals surface area contributed by atoms with Gasteiger partial charge in [0.15, 0.2) is 0 Å². The van der Waals surface area contributed by atoms with Gasteiger partial charge >= 0.3 is 0 Å². The molecule has 2 aromatic rings. The zero-order valence-electron chi connectivity index (χ0n) is 26.3. The van der Waals surface area contributed by atoms with E-state index in [0.717, 1.165) is 64.1 Å². The maximum absolute atomic E-state index is 15.5. The summed E-state index contributed by atoms with van der Waals surface area (Å²) in [4.78, 5) is 7.88. The van der Waals surface area contributed by atoms with Gasteiger partial charge < -0.3 is 4.74 Å². The van der Waals surface area contributed by atoms with E-state index in [1.807, 2.05) is 0 Å². The fourth-order valence-electron chi connectivity index (χ4n) is 6.44. The van der Waals surface area contributed by atoms with Gasteiger partial charge in [0.1, 0.15) is 0 Å². The van der Waals surface area contributed by atoms with Crippen molar-refractivity contribution in [1.29, 1.82) is 0 Å². The highest BCUT2D eigenvalue weighted by Crippen LogP contribution is 2.47. The Morgan fingerprint density at radius 1 is 0.744 bits per heavy atom. The molecule has 1 fully saturated rings. The molecule has 43 heavy (non-hydrogen) atoms. The van der Waals surface area contributed by atoms with Crippen molar-refractivity contribution in [3.8, 4) is 11.4 Å². The van der Waals surface area contributed by atoms with Crippen molar-refractivity contribution in [2.45, 2.75) is 141 Å². The van der Waals surface area contributed by atoms with Crippen LogP contribution in [0.4, 0.5) is 17.6 Å². The first-order valence-electron chi connectivity index (χ1n) is 17.2. The molecule has 240 valence electrons. The van der Waals surface area contributed by atoms with E-state index in [1.54, 1.807) is 12.1 Å². The number of nitrogens with zero attached hydrogens (tertiary/aromatic N) is 2. The predicted molar refractivity (Wildman–Crippen MR) is 165 cm³/mol. The van der Waals surface area contributed by atoms with Crippen LogP contribution in [0, 0.1) is 23.7 Å². The first-order chi connectivity index (χ1) is 20.9. The van der Waals surface area contributed by atoms with Gasteiger partial charge in [-0.2, -0.15) is 8.78 Å². The summed E-state index contributed by atoms with van der Waals surface area (Å²) in [5.41, 5.74) is 0.455. The summed E-state index contributed by atoms with van der Waals surface area (Å²) >= 11 is 0. The van der Waals surface area contributed by atoms with Crippen LogP contribution in [-0.2, 0) is 23.5 Å². The molecule has 0 amide bonds. The van der Waals surface area contributed by atoms with Crippen molar-refractivity contribution in [1.82, 2.24) is 9.97 Å². The van der Waals surface area contributed by atoms with Gasteiger partial charge in [0, 0.05) is 24.7 Å². The van der Waals surface area contributed by atoms with Crippen LogP contribution in [0.15, 0.2) is 18.2 Å². The van der Waals surface area contributed by atoms with Crippen molar-refractivity contribution < 1.29 is 22.3 Å². The number of pyridine rings is 2. The molecule has 0 N–H and O–H groups in total. The standard InChI is InChI=1S/C36H52F4N2O/c1-2-3-13-24-43-25-14-9-11-16-28-21-23-31(41-34(28)37)32-26-29-20-22-30(36(39,40)33(29)35(38)42-32)17-12-8-6-4-5-7-10-15-27-18-19-27/h21,23,26-27,30H,2-20,22,24-25H2,1H3. The Hall–Kier alpha value is -2.02. The van der Waals surface area contributed by atoms with Gasteiger partial charge in [-0.25, -0.2) is 18.7 Å². The molecule has 0 spiro atoms. The second-order valence-electron chi connectivity index (χ2n) is 13.0. The SMILES string of the molecule is CCCCCOCCCCCc1ccc(-c2cc3c(c(F)n2)C(F)(F)C(CCCCCCCCCC2CC2)CC3)nc1F. The summed E-state index contributed by atoms with van der Waals surface area (Å²) < 4.78 is 66.5. The first-order valence-corrected chi connectivity index (χ1v) is 17.2. The van der Waals surface area contributed by atoms with Gasteiger partial charge in [0.25, 0.3) is 5.92 Å². The van der Waals surface area contributed by atoms with Crippen molar-refractivity contribution in [3.63, 3.8) is 0 Å². The summed E-state index contributed by atoms with van der Waals surface area (Å²) in [5.74, 6) is -4.90. The molecule has 0 aromatic carbocycles. The zero-order valence-corrected chi connectivity index (χ0v) is 26.3. The number of aromatic nitrogens is 2. The molecule has 1 saturated carbocycles. The monoisotopic (exact) mass is 604 g/mol. The van der Waals surface area contributed by atoms with E-state index in [1.165, 1.54) is 63.9 Å². The summed E-state index contributed by atoms with van der Waals surface area (Å²) in [5, 5.41) is 0. The summed E-state index contributed by atoms with van der Waals surface area (Å²) in [6, 6.07) is 4.74.